The van der Waals surface area contributed by atoms with Gasteiger partial charge >= 0.3 is 0 Å². The highest BCUT2D eigenvalue weighted by molar-refractivity contribution is 7.89. The number of sulfonamides is 1. The summed E-state index contributed by atoms with van der Waals surface area (Å²) in [6.07, 6.45) is 2.37. The Morgan fingerprint density at radius 1 is 1.14 bits per heavy atom. The summed E-state index contributed by atoms with van der Waals surface area (Å²) < 4.78 is 37.9. The number of ether oxygens (including phenoxy) is 2. The van der Waals surface area contributed by atoms with Gasteiger partial charge in [-0.25, -0.2) is 8.42 Å². The van der Waals surface area contributed by atoms with Crippen LogP contribution in [0.15, 0.2) is 23.1 Å². The van der Waals surface area contributed by atoms with Crippen molar-refractivity contribution in [1.29, 1.82) is 0 Å². The molecular weight excluding hydrogens is 290 g/mol. The van der Waals surface area contributed by atoms with Crippen LogP contribution in [0.1, 0.15) is 33.1 Å². The molecule has 0 radical (unpaired) electrons. The zero-order valence-electron chi connectivity index (χ0n) is 12.8. The van der Waals surface area contributed by atoms with E-state index in [0.29, 0.717) is 24.7 Å². The molecule has 0 saturated heterocycles. The molecule has 1 heterocycles. The molecular formula is C15H23NO4S. The Balaban J connectivity index is 2.34. The molecule has 21 heavy (non-hydrogen) atoms. The molecule has 2 rings (SSSR count). The van der Waals surface area contributed by atoms with Gasteiger partial charge in [0.2, 0.25) is 10.0 Å². The zero-order chi connectivity index (χ0) is 15.5. The molecule has 0 saturated carbocycles. The van der Waals surface area contributed by atoms with Crippen molar-refractivity contribution in [2.24, 2.45) is 0 Å². The molecule has 6 heteroatoms. The van der Waals surface area contributed by atoms with Crippen LogP contribution in [0.25, 0.3) is 0 Å². The van der Waals surface area contributed by atoms with Crippen molar-refractivity contribution in [1.82, 2.24) is 4.31 Å². The molecule has 118 valence electrons. The smallest absolute Gasteiger partial charge is 0.243 e. The van der Waals surface area contributed by atoms with Gasteiger partial charge < -0.3 is 9.47 Å². The number of fused-ring (bicyclic) bond motifs is 1. The van der Waals surface area contributed by atoms with E-state index in [0.717, 1.165) is 19.3 Å². The third kappa shape index (κ3) is 3.32. The van der Waals surface area contributed by atoms with Crippen molar-refractivity contribution in [2.45, 2.75) is 44.0 Å². The molecule has 1 aromatic carbocycles. The van der Waals surface area contributed by atoms with Gasteiger partial charge in [0.15, 0.2) is 11.5 Å². The first-order chi connectivity index (χ1) is 10.0. The van der Waals surface area contributed by atoms with Crippen LogP contribution in [0.3, 0.4) is 0 Å². The first-order valence-electron chi connectivity index (χ1n) is 7.38. The maximum Gasteiger partial charge on any atom is 0.243 e. The van der Waals surface area contributed by atoms with Crippen LogP contribution in [0.5, 0.6) is 11.5 Å². The summed E-state index contributed by atoms with van der Waals surface area (Å²) in [5.41, 5.74) is 0. The van der Waals surface area contributed by atoms with Crippen molar-refractivity contribution in [3.8, 4) is 11.5 Å². The van der Waals surface area contributed by atoms with E-state index in [1.54, 1.807) is 25.2 Å². The predicted molar refractivity (Wildman–Crippen MR) is 81.4 cm³/mol. The Labute approximate surface area is 126 Å². The molecule has 0 aromatic heterocycles. The summed E-state index contributed by atoms with van der Waals surface area (Å²) in [6, 6.07) is 4.83. The van der Waals surface area contributed by atoms with Crippen molar-refractivity contribution >= 4 is 10.0 Å². The van der Waals surface area contributed by atoms with Gasteiger partial charge in [-0.05, 0) is 25.0 Å². The van der Waals surface area contributed by atoms with Gasteiger partial charge in [0.25, 0.3) is 0 Å². The first kappa shape index (κ1) is 16.1. The van der Waals surface area contributed by atoms with Crippen LogP contribution in [-0.2, 0) is 10.0 Å². The van der Waals surface area contributed by atoms with Crippen molar-refractivity contribution in [3.63, 3.8) is 0 Å². The van der Waals surface area contributed by atoms with E-state index in [2.05, 4.69) is 0 Å². The summed E-state index contributed by atoms with van der Waals surface area (Å²) in [5.74, 6) is 1.11. The summed E-state index contributed by atoms with van der Waals surface area (Å²) in [6.45, 7) is 5.12. The topological polar surface area (TPSA) is 55.8 Å². The lowest BCUT2D eigenvalue weighted by molar-refractivity contribution is 0.296. The SMILES string of the molecule is CCC(CC)N(C)S(=O)(=O)c1ccc2c(c1)OCCCO2. The summed E-state index contributed by atoms with van der Waals surface area (Å²) in [5, 5.41) is 0. The largest absolute Gasteiger partial charge is 0.490 e. The Bertz CT molecular complexity index is 581. The first-order valence-corrected chi connectivity index (χ1v) is 8.82. The van der Waals surface area contributed by atoms with Crippen molar-refractivity contribution in [3.05, 3.63) is 18.2 Å². The van der Waals surface area contributed by atoms with Gasteiger partial charge in [0.05, 0.1) is 18.1 Å². The average Bonchev–Trinajstić information content (AvgIpc) is 2.72. The quantitative estimate of drug-likeness (QED) is 0.838. The third-order valence-corrected chi connectivity index (χ3v) is 5.76. The van der Waals surface area contributed by atoms with Crippen LogP contribution in [-0.4, -0.2) is 39.0 Å². The van der Waals surface area contributed by atoms with Gasteiger partial charge in [0, 0.05) is 25.6 Å². The van der Waals surface area contributed by atoms with E-state index >= 15 is 0 Å². The predicted octanol–water partition coefficient (Wildman–Crippen LogP) is 2.66. The van der Waals surface area contributed by atoms with Gasteiger partial charge in [0.1, 0.15) is 0 Å². The lowest BCUT2D eigenvalue weighted by Gasteiger charge is -2.25. The fraction of sp³-hybridized carbons (Fsp3) is 0.600. The zero-order valence-corrected chi connectivity index (χ0v) is 13.6. The number of hydrogen-bond donors (Lipinski definition) is 0. The fourth-order valence-electron chi connectivity index (χ4n) is 2.47. The van der Waals surface area contributed by atoms with E-state index in [1.165, 1.54) is 4.31 Å². The monoisotopic (exact) mass is 313 g/mol. The van der Waals surface area contributed by atoms with E-state index in [-0.39, 0.29) is 10.9 Å². The minimum atomic E-state index is -3.51. The Hall–Kier alpha value is -1.27. The van der Waals surface area contributed by atoms with E-state index in [9.17, 15) is 8.42 Å². The highest BCUT2D eigenvalue weighted by atomic mass is 32.2. The van der Waals surface area contributed by atoms with E-state index < -0.39 is 10.0 Å². The van der Waals surface area contributed by atoms with Gasteiger partial charge in [-0.2, -0.15) is 4.31 Å². The van der Waals surface area contributed by atoms with Crippen LogP contribution in [0, 0.1) is 0 Å². The lowest BCUT2D eigenvalue weighted by Crippen LogP contribution is -2.36. The second-order valence-corrected chi connectivity index (χ2v) is 7.15. The number of rotatable bonds is 5. The number of benzene rings is 1. The Kier molecular flexibility index (Phi) is 5.11. The van der Waals surface area contributed by atoms with Crippen molar-refractivity contribution < 1.29 is 17.9 Å². The van der Waals surface area contributed by atoms with Gasteiger partial charge in [-0.3, -0.25) is 0 Å². The minimum Gasteiger partial charge on any atom is -0.490 e. The number of nitrogens with zero attached hydrogens (tertiary/aromatic N) is 1. The normalized spacial score (nSPS) is 15.3. The number of hydrogen-bond acceptors (Lipinski definition) is 4. The van der Waals surface area contributed by atoms with Crippen LogP contribution in [0.4, 0.5) is 0 Å². The molecule has 1 aliphatic rings. The van der Waals surface area contributed by atoms with E-state index in [4.69, 9.17) is 9.47 Å². The van der Waals surface area contributed by atoms with Crippen LogP contribution in [0.2, 0.25) is 0 Å². The Morgan fingerprint density at radius 2 is 1.76 bits per heavy atom. The summed E-state index contributed by atoms with van der Waals surface area (Å²) >= 11 is 0. The standard InChI is InChI=1S/C15H23NO4S/c1-4-12(5-2)16(3)21(17,18)13-7-8-14-15(11-13)20-10-6-9-19-14/h7-8,11-12H,4-6,9-10H2,1-3H3. The van der Waals surface area contributed by atoms with Gasteiger partial charge in [-0.1, -0.05) is 13.8 Å². The highest BCUT2D eigenvalue weighted by Crippen LogP contribution is 2.33. The fourth-order valence-corrected chi connectivity index (χ4v) is 3.99. The molecule has 0 atom stereocenters. The minimum absolute atomic E-state index is 0.00554. The summed E-state index contributed by atoms with van der Waals surface area (Å²) in [4.78, 5) is 0.251. The molecule has 0 amide bonds. The molecule has 5 nitrogen and oxygen atoms in total. The van der Waals surface area contributed by atoms with E-state index in [1.807, 2.05) is 13.8 Å². The molecule has 0 N–H and O–H groups in total. The molecule has 1 aliphatic heterocycles. The molecule has 0 aliphatic carbocycles. The van der Waals surface area contributed by atoms with Crippen molar-refractivity contribution in [2.75, 3.05) is 20.3 Å². The lowest BCUT2D eigenvalue weighted by atomic mass is 10.2. The third-order valence-electron chi connectivity index (χ3n) is 3.85. The van der Waals surface area contributed by atoms with Gasteiger partial charge in [-0.15, -0.1) is 0 Å². The average molecular weight is 313 g/mol. The highest BCUT2D eigenvalue weighted by Gasteiger charge is 2.27. The molecule has 1 aromatic rings. The second-order valence-electron chi connectivity index (χ2n) is 5.15. The molecule has 0 bridgehead atoms. The Morgan fingerprint density at radius 3 is 2.38 bits per heavy atom. The summed E-state index contributed by atoms with van der Waals surface area (Å²) in [7, 11) is -1.88. The maximum atomic E-state index is 12.7. The van der Waals surface area contributed by atoms with Crippen LogP contribution >= 0.6 is 0 Å². The molecule has 0 spiro atoms. The molecule has 0 unspecified atom stereocenters. The molecule has 0 fully saturated rings. The maximum absolute atomic E-state index is 12.7. The van der Waals surface area contributed by atoms with Crippen LogP contribution < -0.4 is 9.47 Å². The second kappa shape index (κ2) is 6.66.